The van der Waals surface area contributed by atoms with Crippen LogP contribution in [0.4, 0.5) is 0 Å². The van der Waals surface area contributed by atoms with Gasteiger partial charge in [0.25, 0.3) is 0 Å². The molecule has 0 aliphatic heterocycles. The number of aliphatic carboxylic acids is 2. The molecule has 0 aromatic carbocycles. The molecular formula is C42H74O8. The minimum Gasteiger partial charge on any atom is -0.481 e. The Morgan fingerprint density at radius 2 is 0.860 bits per heavy atom. The van der Waals surface area contributed by atoms with Crippen LogP contribution in [0.5, 0.6) is 0 Å². The summed E-state index contributed by atoms with van der Waals surface area (Å²) in [6.45, 7) is 29.9. The fourth-order valence-electron chi connectivity index (χ4n) is 6.09. The molecule has 8 heteroatoms. The maximum absolute atomic E-state index is 10.9. The number of aliphatic hydroxyl groups is 4. The average Bonchev–Trinajstić information content (AvgIpc) is 2.94. The van der Waals surface area contributed by atoms with Gasteiger partial charge in [-0.15, -0.1) is 0 Å². The normalized spacial score (nSPS) is 24.4. The van der Waals surface area contributed by atoms with Crippen molar-refractivity contribution < 1.29 is 40.2 Å². The van der Waals surface area contributed by atoms with Gasteiger partial charge in [0, 0.05) is 36.9 Å². The average molecular weight is 707 g/mol. The van der Waals surface area contributed by atoms with Crippen LogP contribution in [0.2, 0.25) is 0 Å². The molecule has 0 radical (unpaired) electrons. The van der Waals surface area contributed by atoms with Gasteiger partial charge in [0.15, 0.2) is 0 Å². The molecule has 50 heavy (non-hydrogen) atoms. The first-order valence-corrected chi connectivity index (χ1v) is 18.4. The molecule has 6 N–H and O–H groups in total. The van der Waals surface area contributed by atoms with Crippen molar-refractivity contribution in [2.45, 2.75) is 161 Å². The molecule has 0 spiro atoms. The number of hydrogen-bond acceptors (Lipinski definition) is 6. The quantitative estimate of drug-likeness (QED) is 0.116. The van der Waals surface area contributed by atoms with Crippen LogP contribution in [0.15, 0.2) is 46.6 Å². The van der Waals surface area contributed by atoms with Crippen molar-refractivity contribution in [2.75, 3.05) is 13.2 Å². The van der Waals surface area contributed by atoms with E-state index in [-0.39, 0.29) is 47.7 Å². The Morgan fingerprint density at radius 1 is 0.580 bits per heavy atom. The van der Waals surface area contributed by atoms with Crippen LogP contribution < -0.4 is 0 Å². The molecule has 2 rings (SSSR count). The van der Waals surface area contributed by atoms with Crippen LogP contribution in [-0.2, 0) is 9.59 Å². The van der Waals surface area contributed by atoms with Crippen LogP contribution in [0.3, 0.4) is 0 Å². The van der Waals surface area contributed by atoms with Gasteiger partial charge in [0.1, 0.15) is 0 Å². The molecule has 0 saturated carbocycles. The summed E-state index contributed by atoms with van der Waals surface area (Å²) in [5, 5.41) is 56.3. The summed E-state index contributed by atoms with van der Waals surface area (Å²) in [6, 6.07) is 0. The lowest BCUT2D eigenvalue weighted by Crippen LogP contribution is -2.46. The summed E-state index contributed by atoms with van der Waals surface area (Å²) < 4.78 is 0. The molecule has 0 aromatic rings. The van der Waals surface area contributed by atoms with Crippen molar-refractivity contribution in [1.82, 2.24) is 0 Å². The highest BCUT2D eigenvalue weighted by atomic mass is 16.4. The van der Waals surface area contributed by atoms with Crippen molar-refractivity contribution in [2.24, 2.45) is 32.5 Å². The maximum Gasteiger partial charge on any atom is 0.303 e. The summed E-state index contributed by atoms with van der Waals surface area (Å²) in [6.07, 6.45) is 12.1. The minimum atomic E-state index is -0.787. The summed E-state index contributed by atoms with van der Waals surface area (Å²) in [5.41, 5.74) is 2.68. The van der Waals surface area contributed by atoms with Crippen molar-refractivity contribution in [3.63, 3.8) is 0 Å². The lowest BCUT2D eigenvalue weighted by atomic mass is 9.58. The van der Waals surface area contributed by atoms with Crippen LogP contribution in [0.1, 0.15) is 148 Å². The molecule has 0 bridgehead atoms. The van der Waals surface area contributed by atoms with E-state index in [1.165, 1.54) is 0 Å². The molecule has 0 heterocycles. The van der Waals surface area contributed by atoms with Gasteiger partial charge in [-0.05, 0) is 58.5 Å². The minimum absolute atomic E-state index is 0.119. The number of carbonyl (C=O) groups is 2. The first-order chi connectivity index (χ1) is 22.5. The fourth-order valence-corrected chi connectivity index (χ4v) is 6.09. The van der Waals surface area contributed by atoms with Gasteiger partial charge < -0.3 is 30.6 Å². The highest BCUT2D eigenvalue weighted by Gasteiger charge is 2.48. The lowest BCUT2D eigenvalue weighted by molar-refractivity contribution is -0.138. The molecule has 8 nitrogen and oxygen atoms in total. The summed E-state index contributed by atoms with van der Waals surface area (Å²) in [7, 11) is 0. The van der Waals surface area contributed by atoms with Crippen LogP contribution >= 0.6 is 0 Å². The predicted molar refractivity (Wildman–Crippen MR) is 205 cm³/mol. The highest BCUT2D eigenvalue weighted by Crippen LogP contribution is 2.52. The molecule has 0 aromatic heterocycles. The summed E-state index contributed by atoms with van der Waals surface area (Å²) in [4.78, 5) is 21.7. The van der Waals surface area contributed by atoms with E-state index < -0.39 is 35.0 Å². The Bertz CT molecular complexity index is 1130. The number of carboxylic acid groups (broad SMARTS) is 2. The maximum atomic E-state index is 10.9. The molecule has 0 amide bonds. The molecule has 4 unspecified atom stereocenters. The molecule has 2 aliphatic rings. The largest absolute Gasteiger partial charge is 0.481 e. The van der Waals surface area contributed by atoms with Gasteiger partial charge in [-0.1, -0.05) is 145 Å². The molecule has 290 valence electrons. The van der Waals surface area contributed by atoms with E-state index >= 15 is 0 Å². The second kappa shape index (κ2) is 19.0. The van der Waals surface area contributed by atoms with Gasteiger partial charge in [-0.2, -0.15) is 0 Å². The Balaban J connectivity index is 0.000000791. The summed E-state index contributed by atoms with van der Waals surface area (Å²) in [5.74, 6) is -1.57. The predicted octanol–water partition coefficient (Wildman–Crippen LogP) is 8.89. The number of carboxylic acids is 2. The third-order valence-corrected chi connectivity index (χ3v) is 10.7. The summed E-state index contributed by atoms with van der Waals surface area (Å²) >= 11 is 0. The Hall–Kier alpha value is -2.26. The standard InChI is InChI=1S/2C18H30O3.C6H14O2/c2*1-16(2,3)13-10-12(8-9-14(19)20)11-18(7,15(13)21)17(4,5)6;7-5-3-1-2-4-6-8/h2*10-11,15,21H,8-9H2,1-7H3,(H,19,20);7-8H,1-6H2. The van der Waals surface area contributed by atoms with Gasteiger partial charge in [0.2, 0.25) is 0 Å². The van der Waals surface area contributed by atoms with E-state index in [4.69, 9.17) is 20.4 Å². The highest BCUT2D eigenvalue weighted by molar-refractivity contribution is 5.67. The zero-order valence-corrected chi connectivity index (χ0v) is 34.0. The third kappa shape index (κ3) is 14.0. The van der Waals surface area contributed by atoms with Crippen LogP contribution in [0, 0.1) is 32.5 Å². The molecule has 0 saturated heterocycles. The number of allylic oxidation sites excluding steroid dienone is 4. The molecular weight excluding hydrogens is 632 g/mol. The van der Waals surface area contributed by atoms with E-state index in [0.717, 1.165) is 48.0 Å². The fraction of sp³-hybridized carbons (Fsp3) is 0.762. The van der Waals surface area contributed by atoms with Gasteiger partial charge in [0.05, 0.1) is 12.2 Å². The third-order valence-electron chi connectivity index (χ3n) is 10.7. The van der Waals surface area contributed by atoms with E-state index in [0.29, 0.717) is 12.8 Å². The Morgan fingerprint density at radius 3 is 1.06 bits per heavy atom. The van der Waals surface area contributed by atoms with E-state index in [2.05, 4.69) is 109 Å². The van der Waals surface area contributed by atoms with Crippen molar-refractivity contribution in [1.29, 1.82) is 0 Å². The second-order valence-electron chi connectivity index (χ2n) is 18.7. The number of hydrogen-bond donors (Lipinski definition) is 6. The van der Waals surface area contributed by atoms with E-state index in [1.807, 2.05) is 12.2 Å². The first-order valence-electron chi connectivity index (χ1n) is 18.4. The SMILES string of the molecule is CC(C)(C)C1=CC(CCC(=O)O)=CC(C)(C(C)(C)C)C1O.CC(C)(C)C1=CC(CCC(=O)O)=CC(C)(C(C)(C)C)C1O.OCCCCCCO. The van der Waals surface area contributed by atoms with Crippen molar-refractivity contribution >= 4 is 11.9 Å². The molecule has 2 aliphatic carbocycles. The first kappa shape index (κ1) is 47.7. The lowest BCUT2D eigenvalue weighted by Gasteiger charge is -2.49. The number of unbranched alkanes of at least 4 members (excludes halogenated alkanes) is 3. The number of rotatable bonds is 11. The zero-order valence-electron chi connectivity index (χ0n) is 34.0. The van der Waals surface area contributed by atoms with Gasteiger partial charge >= 0.3 is 11.9 Å². The second-order valence-corrected chi connectivity index (χ2v) is 18.7. The smallest absolute Gasteiger partial charge is 0.303 e. The topological polar surface area (TPSA) is 156 Å². The number of aliphatic hydroxyl groups excluding tert-OH is 4. The van der Waals surface area contributed by atoms with Crippen molar-refractivity contribution in [3.8, 4) is 0 Å². The van der Waals surface area contributed by atoms with Gasteiger partial charge in [-0.3, -0.25) is 9.59 Å². The molecule has 4 atom stereocenters. The van der Waals surface area contributed by atoms with Gasteiger partial charge in [-0.25, -0.2) is 0 Å². The van der Waals surface area contributed by atoms with Crippen LogP contribution in [0.25, 0.3) is 0 Å². The Kier molecular flexibility index (Phi) is 18.1. The van der Waals surface area contributed by atoms with Crippen molar-refractivity contribution in [3.05, 3.63) is 46.6 Å². The van der Waals surface area contributed by atoms with E-state index in [1.54, 1.807) is 0 Å². The Labute approximate surface area is 304 Å². The van der Waals surface area contributed by atoms with Crippen LogP contribution in [-0.4, -0.2) is 68.0 Å². The van der Waals surface area contributed by atoms with E-state index in [9.17, 15) is 19.8 Å². The monoisotopic (exact) mass is 707 g/mol. The molecule has 0 fully saturated rings. The zero-order chi connectivity index (χ0) is 39.5.